The summed E-state index contributed by atoms with van der Waals surface area (Å²) in [4.78, 5) is 1.11. The van der Waals surface area contributed by atoms with E-state index in [9.17, 15) is 0 Å². The lowest BCUT2D eigenvalue weighted by Crippen LogP contribution is -1.99. The smallest absolute Gasteiger partial charge is 0.0550 e. The number of hydrogen-bond acceptors (Lipinski definition) is 3. The van der Waals surface area contributed by atoms with Crippen LogP contribution in [0, 0.1) is 0 Å². The van der Waals surface area contributed by atoms with Crippen LogP contribution >= 0.6 is 33.2 Å². The number of nitrogens with two attached hydrogens (primary N) is 1. The highest BCUT2D eigenvalue weighted by Crippen LogP contribution is 2.35. The molecular weight excluding hydrogens is 210 g/mol. The molecule has 1 aromatic rings. The maximum atomic E-state index is 5.94. The number of hydrogen-bond donors (Lipinski definition) is 1. The van der Waals surface area contributed by atoms with Crippen molar-refractivity contribution in [3.8, 4) is 0 Å². The molecule has 0 heterocycles. The molecule has 1 nitrogen and oxygen atoms in total. The van der Waals surface area contributed by atoms with Crippen molar-refractivity contribution in [1.29, 1.82) is 0 Å². The zero-order valence-corrected chi connectivity index (χ0v) is 8.88. The van der Waals surface area contributed by atoms with E-state index in [1.165, 1.54) is 0 Å². The normalized spacial score (nSPS) is 10.2. The Labute approximate surface area is 85.5 Å². The zero-order valence-electron chi connectivity index (χ0n) is 6.50. The van der Waals surface area contributed by atoms with Gasteiger partial charge in [0.25, 0.3) is 0 Å². The van der Waals surface area contributed by atoms with Crippen molar-refractivity contribution in [2.45, 2.75) is 4.90 Å². The van der Waals surface area contributed by atoms with Crippen molar-refractivity contribution in [3.05, 3.63) is 29.3 Å². The van der Waals surface area contributed by atoms with Gasteiger partial charge in [0.05, 0.1) is 5.02 Å². The SMILES string of the molecule is NCCSSc1ccccc1Cl. The molecule has 12 heavy (non-hydrogen) atoms. The Balaban J connectivity index is 2.46. The molecule has 0 aliphatic rings. The molecule has 0 aliphatic carbocycles. The van der Waals surface area contributed by atoms with Crippen LogP contribution in [0.3, 0.4) is 0 Å². The minimum Gasteiger partial charge on any atom is -0.330 e. The summed E-state index contributed by atoms with van der Waals surface area (Å²) in [6.45, 7) is 0.710. The molecule has 0 unspecified atom stereocenters. The van der Waals surface area contributed by atoms with Crippen LogP contribution in [0.1, 0.15) is 0 Å². The molecule has 66 valence electrons. The standard InChI is InChI=1S/C8H10ClNS2/c9-7-3-1-2-4-8(7)12-11-6-5-10/h1-4H,5-6,10H2. The van der Waals surface area contributed by atoms with Gasteiger partial charge in [-0.25, -0.2) is 0 Å². The van der Waals surface area contributed by atoms with Gasteiger partial charge in [-0.2, -0.15) is 0 Å². The van der Waals surface area contributed by atoms with E-state index in [-0.39, 0.29) is 0 Å². The van der Waals surface area contributed by atoms with Gasteiger partial charge in [-0.05, 0) is 12.1 Å². The number of halogens is 1. The molecule has 1 aromatic carbocycles. The van der Waals surface area contributed by atoms with Gasteiger partial charge < -0.3 is 5.73 Å². The number of benzene rings is 1. The molecule has 4 heteroatoms. The van der Waals surface area contributed by atoms with Crippen LogP contribution in [-0.2, 0) is 0 Å². The third-order valence-electron chi connectivity index (χ3n) is 1.19. The van der Waals surface area contributed by atoms with Crippen molar-refractivity contribution in [2.24, 2.45) is 5.73 Å². The highest BCUT2D eigenvalue weighted by molar-refractivity contribution is 8.76. The summed E-state index contributed by atoms with van der Waals surface area (Å²) in [5.41, 5.74) is 5.36. The molecule has 0 radical (unpaired) electrons. The maximum Gasteiger partial charge on any atom is 0.0550 e. The summed E-state index contributed by atoms with van der Waals surface area (Å²) < 4.78 is 0. The van der Waals surface area contributed by atoms with E-state index in [1.54, 1.807) is 21.6 Å². The Morgan fingerprint density at radius 2 is 2.08 bits per heavy atom. The average molecular weight is 220 g/mol. The first-order chi connectivity index (χ1) is 5.84. The van der Waals surface area contributed by atoms with Crippen molar-refractivity contribution < 1.29 is 0 Å². The molecule has 0 fully saturated rings. The second-order valence-electron chi connectivity index (χ2n) is 2.12. The largest absolute Gasteiger partial charge is 0.330 e. The molecule has 0 bridgehead atoms. The maximum absolute atomic E-state index is 5.94. The van der Waals surface area contributed by atoms with E-state index < -0.39 is 0 Å². The lowest BCUT2D eigenvalue weighted by molar-refractivity contribution is 1.16. The van der Waals surface area contributed by atoms with E-state index in [0.29, 0.717) is 6.54 Å². The van der Waals surface area contributed by atoms with E-state index in [2.05, 4.69) is 0 Å². The molecule has 0 saturated carbocycles. The summed E-state index contributed by atoms with van der Waals surface area (Å²) in [6, 6.07) is 7.82. The van der Waals surface area contributed by atoms with Crippen molar-refractivity contribution in [1.82, 2.24) is 0 Å². The van der Waals surface area contributed by atoms with Gasteiger partial charge in [0.1, 0.15) is 0 Å². The average Bonchev–Trinajstić information content (AvgIpc) is 2.09. The van der Waals surface area contributed by atoms with Crippen LogP contribution < -0.4 is 5.73 Å². The minimum atomic E-state index is 0.710. The Hall–Kier alpha value is 0.170. The van der Waals surface area contributed by atoms with E-state index in [1.807, 2.05) is 24.3 Å². The summed E-state index contributed by atoms with van der Waals surface area (Å²) in [7, 11) is 3.40. The molecule has 0 aliphatic heterocycles. The first-order valence-corrected chi connectivity index (χ1v) is 6.28. The van der Waals surface area contributed by atoms with Crippen molar-refractivity contribution in [3.63, 3.8) is 0 Å². The fourth-order valence-electron chi connectivity index (χ4n) is 0.666. The van der Waals surface area contributed by atoms with Crippen LogP contribution in [0.2, 0.25) is 5.02 Å². The lowest BCUT2D eigenvalue weighted by atomic mass is 10.4. The number of rotatable bonds is 4. The monoisotopic (exact) mass is 219 g/mol. The first kappa shape index (κ1) is 10.3. The van der Waals surface area contributed by atoms with E-state index >= 15 is 0 Å². The van der Waals surface area contributed by atoms with E-state index in [0.717, 1.165) is 15.7 Å². The fourth-order valence-corrected chi connectivity index (χ4v) is 3.00. The predicted octanol–water partition coefficient (Wildman–Crippen LogP) is 3.04. The molecule has 2 N–H and O–H groups in total. The molecule has 0 spiro atoms. The van der Waals surface area contributed by atoms with Gasteiger partial charge in [0.2, 0.25) is 0 Å². The fraction of sp³-hybridized carbons (Fsp3) is 0.250. The van der Waals surface area contributed by atoms with Gasteiger partial charge in [-0.1, -0.05) is 45.3 Å². The van der Waals surface area contributed by atoms with Gasteiger partial charge in [-0.3, -0.25) is 0 Å². The van der Waals surface area contributed by atoms with Crippen molar-refractivity contribution >= 4 is 33.2 Å². The van der Waals surface area contributed by atoms with Crippen LogP contribution in [0.25, 0.3) is 0 Å². The van der Waals surface area contributed by atoms with Crippen LogP contribution in [0.15, 0.2) is 29.2 Å². The van der Waals surface area contributed by atoms with Gasteiger partial charge in [-0.15, -0.1) is 0 Å². The molecule has 1 rings (SSSR count). The topological polar surface area (TPSA) is 26.0 Å². The van der Waals surface area contributed by atoms with Gasteiger partial charge >= 0.3 is 0 Å². The Bertz CT molecular complexity index is 242. The summed E-state index contributed by atoms with van der Waals surface area (Å²) in [5, 5.41) is 0.812. The quantitative estimate of drug-likeness (QED) is 0.623. The minimum absolute atomic E-state index is 0.710. The Morgan fingerprint density at radius 1 is 1.33 bits per heavy atom. The molecular formula is C8H10ClNS2. The molecule has 0 amide bonds. The van der Waals surface area contributed by atoms with Crippen molar-refractivity contribution in [2.75, 3.05) is 12.3 Å². The second-order valence-corrected chi connectivity index (χ2v) is 4.99. The summed E-state index contributed by atoms with van der Waals surface area (Å²) >= 11 is 5.94. The highest BCUT2D eigenvalue weighted by atomic mass is 35.5. The van der Waals surface area contributed by atoms with Crippen LogP contribution in [-0.4, -0.2) is 12.3 Å². The first-order valence-electron chi connectivity index (χ1n) is 3.58. The van der Waals surface area contributed by atoms with Crippen LogP contribution in [0.4, 0.5) is 0 Å². The molecule has 0 aromatic heterocycles. The third-order valence-corrected chi connectivity index (χ3v) is 4.08. The second kappa shape index (κ2) is 5.75. The zero-order chi connectivity index (χ0) is 8.81. The van der Waals surface area contributed by atoms with E-state index in [4.69, 9.17) is 17.3 Å². The van der Waals surface area contributed by atoms with Gasteiger partial charge in [0, 0.05) is 17.2 Å². The van der Waals surface area contributed by atoms with Crippen LogP contribution in [0.5, 0.6) is 0 Å². The predicted molar refractivity (Wildman–Crippen MR) is 58.8 cm³/mol. The van der Waals surface area contributed by atoms with Gasteiger partial charge in [0.15, 0.2) is 0 Å². The lowest BCUT2D eigenvalue weighted by Gasteiger charge is -2.00. The Kier molecular flexibility index (Phi) is 4.92. The molecule has 0 saturated heterocycles. The highest BCUT2D eigenvalue weighted by Gasteiger charge is 1.98. The Morgan fingerprint density at radius 3 is 2.75 bits per heavy atom. The third kappa shape index (κ3) is 3.27. The summed E-state index contributed by atoms with van der Waals surface area (Å²) in [6.07, 6.45) is 0. The summed E-state index contributed by atoms with van der Waals surface area (Å²) in [5.74, 6) is 0.954. The molecule has 0 atom stereocenters.